The Morgan fingerprint density at radius 3 is 2.60 bits per heavy atom. The van der Waals surface area contributed by atoms with Gasteiger partial charge < -0.3 is 18.8 Å². The van der Waals surface area contributed by atoms with Crippen LogP contribution in [0.15, 0.2) is 51.1 Å². The third kappa shape index (κ3) is 7.94. The van der Waals surface area contributed by atoms with Gasteiger partial charge in [-0.2, -0.15) is 4.37 Å². The van der Waals surface area contributed by atoms with Gasteiger partial charge in [0, 0.05) is 37.6 Å². The monoisotopic (exact) mass is 768 g/mol. The summed E-state index contributed by atoms with van der Waals surface area (Å²) in [6, 6.07) is 4.72. The average Bonchev–Trinajstić information content (AvgIpc) is 3.67. The van der Waals surface area contributed by atoms with Crippen LogP contribution in [-0.4, -0.2) is 70.3 Å². The predicted molar refractivity (Wildman–Crippen MR) is 174 cm³/mol. The van der Waals surface area contributed by atoms with Crippen molar-refractivity contribution < 1.29 is 49.8 Å². The summed E-state index contributed by atoms with van der Waals surface area (Å²) in [6.07, 6.45) is 1.06. The molecule has 22 heteroatoms. The second-order valence-corrected chi connectivity index (χ2v) is 14.2. The van der Waals surface area contributed by atoms with E-state index in [4.69, 9.17) is 15.9 Å². The van der Waals surface area contributed by atoms with E-state index in [0.717, 1.165) is 54.7 Å². The Kier molecular flexibility index (Phi) is 10.2. The van der Waals surface area contributed by atoms with E-state index in [1.54, 1.807) is 0 Å². The maximum absolute atomic E-state index is 14.5. The number of rotatable bonds is 6. The number of ether oxygens (including phenoxy) is 3. The first-order valence-corrected chi connectivity index (χ1v) is 17.0. The number of amides is 2. The lowest BCUT2D eigenvalue weighted by molar-refractivity contribution is -0.275. The van der Waals surface area contributed by atoms with Gasteiger partial charge in [-0.25, -0.2) is 36.7 Å². The van der Waals surface area contributed by atoms with Crippen LogP contribution in [0.3, 0.4) is 0 Å². The Morgan fingerprint density at radius 2 is 1.94 bits per heavy atom. The van der Waals surface area contributed by atoms with Crippen molar-refractivity contribution in [2.45, 2.75) is 38.1 Å². The first-order valence-electron chi connectivity index (χ1n) is 14.8. The first-order chi connectivity index (χ1) is 24.3. The molecule has 0 fully saturated rings. The lowest BCUT2D eigenvalue weighted by Gasteiger charge is -2.28. The molecule has 276 valence electrons. The zero-order valence-electron chi connectivity index (χ0n) is 27.6. The predicted octanol–water partition coefficient (Wildman–Crippen LogP) is 2.69. The molecule has 2 aromatic heterocycles. The molecule has 2 aliphatic rings. The third-order valence-corrected chi connectivity index (χ3v) is 9.47. The van der Waals surface area contributed by atoms with Crippen LogP contribution in [0, 0.1) is 23.6 Å². The number of para-hydroxylation sites is 1. The van der Waals surface area contributed by atoms with Crippen LogP contribution in [0.25, 0.3) is 0 Å². The number of halogens is 4. The minimum Gasteiger partial charge on any atom is -0.481 e. The summed E-state index contributed by atoms with van der Waals surface area (Å²) in [5.41, 5.74) is -0.355. The number of fused-ring (bicyclic) bond motifs is 2. The van der Waals surface area contributed by atoms with Crippen molar-refractivity contribution >= 4 is 44.9 Å². The highest BCUT2D eigenvalue weighted by Gasteiger charge is 2.35. The summed E-state index contributed by atoms with van der Waals surface area (Å²) in [5.74, 6) is 1.87. The van der Waals surface area contributed by atoms with Crippen LogP contribution in [0.2, 0.25) is 0 Å². The molecule has 0 atom stereocenters. The van der Waals surface area contributed by atoms with Crippen LogP contribution in [0.4, 0.5) is 33.7 Å². The number of benzene rings is 2. The summed E-state index contributed by atoms with van der Waals surface area (Å²) in [4.78, 5) is 41.4. The molecule has 0 saturated carbocycles. The van der Waals surface area contributed by atoms with Gasteiger partial charge in [-0.3, -0.25) is 9.69 Å². The molecule has 4 heterocycles. The molecule has 2 amide bonds. The summed E-state index contributed by atoms with van der Waals surface area (Å²) in [6.45, 7) is 5.05. The van der Waals surface area contributed by atoms with Crippen LogP contribution in [0.1, 0.15) is 19.7 Å². The van der Waals surface area contributed by atoms with Gasteiger partial charge in [-0.05, 0) is 23.6 Å². The van der Waals surface area contributed by atoms with E-state index in [9.17, 15) is 40.4 Å². The number of anilines is 1. The molecule has 4 aromatic rings. The van der Waals surface area contributed by atoms with E-state index in [1.165, 1.54) is 40.3 Å². The number of carbonyl (C=O) groups is 2. The van der Waals surface area contributed by atoms with Crippen molar-refractivity contribution in [2.24, 2.45) is 17.5 Å². The van der Waals surface area contributed by atoms with Crippen molar-refractivity contribution in [3.05, 3.63) is 63.3 Å². The number of terminal acetylenes is 1. The zero-order valence-corrected chi connectivity index (χ0v) is 29.2. The van der Waals surface area contributed by atoms with Gasteiger partial charge in [0.15, 0.2) is 12.4 Å². The lowest BCUT2D eigenvalue weighted by atomic mass is 9.92. The quantitative estimate of drug-likeness (QED) is 0.226. The number of aromatic nitrogens is 5. The molecule has 0 unspecified atom stereocenters. The molecule has 0 radical (unpaired) electrons. The number of hydrogen-bond donors (Lipinski definition) is 1. The van der Waals surface area contributed by atoms with Crippen LogP contribution in [0.5, 0.6) is 17.5 Å². The Labute approximate surface area is 296 Å². The Morgan fingerprint density at radius 1 is 1.23 bits per heavy atom. The Hall–Kier alpha value is -5.69. The summed E-state index contributed by atoms with van der Waals surface area (Å²) >= 11 is 1.24. The van der Waals surface area contributed by atoms with Crippen molar-refractivity contribution in [3.8, 4) is 29.9 Å². The summed E-state index contributed by atoms with van der Waals surface area (Å²) < 4.78 is 98.7. The fraction of sp³-hybridized carbons (Fsp3) is 0.333. The second kappa shape index (κ2) is 14.1. The third-order valence-electron chi connectivity index (χ3n) is 7.34. The normalized spacial score (nSPS) is 15.1. The fourth-order valence-electron chi connectivity index (χ4n) is 5.07. The van der Waals surface area contributed by atoms with Crippen molar-refractivity contribution in [1.82, 2.24) is 28.0 Å². The van der Waals surface area contributed by atoms with Gasteiger partial charge in [0.1, 0.15) is 27.9 Å². The van der Waals surface area contributed by atoms with Gasteiger partial charge in [0.2, 0.25) is 4.80 Å². The lowest BCUT2D eigenvalue weighted by Crippen LogP contribution is -2.40. The second-order valence-electron chi connectivity index (χ2n) is 11.8. The van der Waals surface area contributed by atoms with Crippen LogP contribution in [-0.2, 0) is 34.8 Å². The molecule has 0 bridgehead atoms. The van der Waals surface area contributed by atoms with E-state index in [1.807, 2.05) is 4.57 Å². The molecule has 2 aromatic carbocycles. The highest BCUT2D eigenvalue weighted by Crippen LogP contribution is 2.37. The molecule has 16 nitrogen and oxygen atoms in total. The van der Waals surface area contributed by atoms with Gasteiger partial charge in [-0.15, -0.1) is 29.4 Å². The van der Waals surface area contributed by atoms with Gasteiger partial charge in [0.05, 0.1) is 19.3 Å². The smallest absolute Gasteiger partial charge is 0.481 e. The van der Waals surface area contributed by atoms with Crippen LogP contribution >= 0.6 is 11.5 Å². The maximum atomic E-state index is 14.5. The van der Waals surface area contributed by atoms with E-state index >= 15 is 0 Å². The van der Waals surface area contributed by atoms with Gasteiger partial charge >= 0.3 is 24.1 Å². The van der Waals surface area contributed by atoms with Crippen molar-refractivity contribution in [3.63, 3.8) is 0 Å². The number of nitrogens with one attached hydrogen (secondary N) is 1. The van der Waals surface area contributed by atoms with E-state index in [-0.39, 0.29) is 40.9 Å². The van der Waals surface area contributed by atoms with E-state index in [0.29, 0.717) is 16.2 Å². The largest absolute Gasteiger partial charge is 0.573 e. The number of carbonyl (C=O) groups excluding carboxylic acids is 2. The van der Waals surface area contributed by atoms with Crippen molar-refractivity contribution in [2.75, 3.05) is 25.2 Å². The number of nitrogens with zero attached hydrogens (tertiary/aromatic N) is 7. The minimum atomic E-state index is -5.15. The average molecular weight is 769 g/mol. The first kappa shape index (κ1) is 37.6. The Balaban J connectivity index is 0.000000201. The zero-order chi connectivity index (χ0) is 38.2. The SMILES string of the molecule is C#CCN1C(=O)COc2cc(F)c(N=c3snc4n3CC(C)(C)C4)cc21.COc1nn(C(=O)NS(=O)(=O)c2ccccc2OC(F)(F)F)c(=O)n1C. The highest BCUT2D eigenvalue weighted by molar-refractivity contribution is 7.90. The minimum absolute atomic E-state index is 0.0964. The number of sulfonamides is 1. The van der Waals surface area contributed by atoms with Crippen LogP contribution < -0.4 is 34.3 Å². The molecular weight excluding hydrogens is 741 g/mol. The molecule has 0 aliphatic carbocycles. The van der Waals surface area contributed by atoms with E-state index < -0.39 is 44.6 Å². The molecular formula is C30H28F4N8O8S2. The Bertz CT molecular complexity index is 2340. The molecule has 0 saturated heterocycles. The molecule has 52 heavy (non-hydrogen) atoms. The molecule has 2 aliphatic heterocycles. The van der Waals surface area contributed by atoms with E-state index in [2.05, 4.69) is 39.0 Å². The topological polar surface area (TPSA) is 181 Å². The fourth-order valence-corrected chi connectivity index (χ4v) is 6.89. The van der Waals surface area contributed by atoms with Crippen molar-refractivity contribution in [1.29, 1.82) is 0 Å². The number of hydrogen-bond acceptors (Lipinski definition) is 12. The highest BCUT2D eigenvalue weighted by atomic mass is 32.2. The number of alkyl halides is 3. The maximum Gasteiger partial charge on any atom is 0.573 e. The summed E-state index contributed by atoms with van der Waals surface area (Å²) in [7, 11) is -2.45. The van der Waals surface area contributed by atoms with Gasteiger partial charge in [0.25, 0.3) is 15.9 Å². The molecule has 0 spiro atoms. The summed E-state index contributed by atoms with van der Waals surface area (Å²) in [5, 5.41) is 3.44. The van der Waals surface area contributed by atoms with Gasteiger partial charge in [-0.1, -0.05) is 31.9 Å². The number of methoxy groups -OCH3 is 1. The standard InChI is InChI=1S/C18H17FN4O2S.C12H11F3N4O6S/c1-4-5-22-13-7-12(11(19)6-14(13)25-9-16(22)24)20-17-23-10-18(2,3)8-15(23)21-26-17;1-18-10(24-2)16-19(11(18)21)9(20)17-26(22,23)8-6-4-3-5-7(8)25-12(13,14)15/h1,6-7H,5,8-10H2,2-3H3;3-6H,1-2H3,(H,17,20). The molecule has 1 N–H and O–H groups in total. The molecule has 6 rings (SSSR count).